The molecule has 0 saturated carbocycles. The van der Waals surface area contributed by atoms with E-state index in [0.717, 1.165) is 32.5 Å². The van der Waals surface area contributed by atoms with Gasteiger partial charge in [0.1, 0.15) is 0 Å². The van der Waals surface area contributed by atoms with E-state index in [1.807, 2.05) is 6.92 Å². The van der Waals surface area contributed by atoms with Crippen molar-refractivity contribution in [2.45, 2.75) is 65.3 Å². The van der Waals surface area contributed by atoms with Gasteiger partial charge >= 0.3 is 5.82 Å². The molecule has 0 fully saturated rings. The molecule has 0 aliphatic carbocycles. The summed E-state index contributed by atoms with van der Waals surface area (Å²) in [7, 11) is 0. The van der Waals surface area contributed by atoms with Crippen molar-refractivity contribution in [1.82, 2.24) is 20.4 Å². The normalized spacial score (nSPS) is 12.3. The standard InChI is InChI=1S/C17H30ClN5O3/c1-4-6-8-10-22(11-9-7-5-2)12-13(3)19-17(24)15-14(18)16(21-20-15)23(25)26/h13H,4-12H2,1-3H3,(H,19,24)(H,20,21). The van der Waals surface area contributed by atoms with Crippen LogP contribution < -0.4 is 5.32 Å². The minimum Gasteiger partial charge on any atom is -0.358 e. The Kier molecular flexibility index (Phi) is 10.2. The van der Waals surface area contributed by atoms with Crippen LogP contribution in [0.25, 0.3) is 0 Å². The molecule has 1 unspecified atom stereocenters. The Labute approximate surface area is 159 Å². The first kappa shape index (κ1) is 22.4. The third-order valence-electron chi connectivity index (χ3n) is 4.15. The van der Waals surface area contributed by atoms with E-state index in [1.54, 1.807) is 0 Å². The maximum absolute atomic E-state index is 12.3. The van der Waals surface area contributed by atoms with Crippen LogP contribution in [0.15, 0.2) is 0 Å². The van der Waals surface area contributed by atoms with Gasteiger partial charge in [-0.1, -0.05) is 56.2 Å². The number of unbranched alkanes of at least 4 members (excludes halogenated alkanes) is 4. The molecule has 148 valence electrons. The van der Waals surface area contributed by atoms with Crippen molar-refractivity contribution < 1.29 is 9.72 Å². The topological polar surface area (TPSA) is 104 Å². The zero-order valence-electron chi connectivity index (χ0n) is 15.9. The van der Waals surface area contributed by atoms with Gasteiger partial charge in [-0.3, -0.25) is 4.79 Å². The molecular formula is C17H30ClN5O3. The molecule has 1 aromatic heterocycles. The van der Waals surface area contributed by atoms with Gasteiger partial charge in [0.2, 0.25) is 0 Å². The predicted octanol–water partition coefficient (Wildman–Crippen LogP) is 3.77. The largest absolute Gasteiger partial charge is 0.362 e. The summed E-state index contributed by atoms with van der Waals surface area (Å²) in [5.41, 5.74) is -0.145. The van der Waals surface area contributed by atoms with Crippen molar-refractivity contribution in [3.8, 4) is 0 Å². The summed E-state index contributed by atoms with van der Waals surface area (Å²) in [6, 6.07) is -0.113. The Morgan fingerprint density at radius 3 is 2.31 bits per heavy atom. The van der Waals surface area contributed by atoms with E-state index in [1.165, 1.54) is 25.7 Å². The highest BCUT2D eigenvalue weighted by molar-refractivity contribution is 6.35. The van der Waals surface area contributed by atoms with E-state index >= 15 is 0 Å². The smallest absolute Gasteiger partial charge is 0.358 e. The van der Waals surface area contributed by atoms with Gasteiger partial charge in [-0.15, -0.1) is 5.10 Å². The van der Waals surface area contributed by atoms with E-state index in [2.05, 4.69) is 34.3 Å². The minimum atomic E-state index is -0.696. The summed E-state index contributed by atoms with van der Waals surface area (Å²) >= 11 is 5.87. The Morgan fingerprint density at radius 2 is 1.85 bits per heavy atom. The fourth-order valence-corrected chi connectivity index (χ4v) is 3.02. The summed E-state index contributed by atoms with van der Waals surface area (Å²) in [5.74, 6) is -0.973. The second-order valence-corrected chi connectivity index (χ2v) is 6.96. The van der Waals surface area contributed by atoms with E-state index in [0.29, 0.717) is 0 Å². The van der Waals surface area contributed by atoms with Crippen LogP contribution in [0, 0.1) is 10.1 Å². The van der Waals surface area contributed by atoms with Crippen LogP contribution in [-0.4, -0.2) is 51.6 Å². The first-order valence-electron chi connectivity index (χ1n) is 9.32. The Bertz CT molecular complexity index is 569. The second kappa shape index (κ2) is 11.9. The number of rotatable bonds is 13. The predicted molar refractivity (Wildman–Crippen MR) is 103 cm³/mol. The quantitative estimate of drug-likeness (QED) is 0.304. The molecule has 1 aromatic rings. The van der Waals surface area contributed by atoms with Crippen LogP contribution in [0.2, 0.25) is 5.02 Å². The van der Waals surface area contributed by atoms with Crippen molar-refractivity contribution in [2.24, 2.45) is 0 Å². The lowest BCUT2D eigenvalue weighted by Crippen LogP contribution is -2.42. The van der Waals surface area contributed by atoms with E-state index in [-0.39, 0.29) is 16.8 Å². The van der Waals surface area contributed by atoms with Gasteiger partial charge in [-0.05, 0) is 37.8 Å². The van der Waals surface area contributed by atoms with Gasteiger partial charge in [-0.2, -0.15) is 0 Å². The second-order valence-electron chi connectivity index (χ2n) is 6.58. The zero-order chi connectivity index (χ0) is 19.5. The Hall–Kier alpha value is -1.67. The van der Waals surface area contributed by atoms with Gasteiger partial charge in [0, 0.05) is 12.6 Å². The van der Waals surface area contributed by atoms with E-state index in [4.69, 9.17) is 11.6 Å². The molecule has 9 heteroatoms. The van der Waals surface area contributed by atoms with Gasteiger partial charge in [-0.25, -0.2) is 0 Å². The van der Waals surface area contributed by atoms with Crippen LogP contribution in [0.1, 0.15) is 69.8 Å². The number of aromatic nitrogens is 2. The summed E-state index contributed by atoms with van der Waals surface area (Å²) in [5, 5.41) is 19.2. The maximum Gasteiger partial charge on any atom is 0.362 e. The summed E-state index contributed by atoms with van der Waals surface area (Å²) in [6.07, 6.45) is 7.01. The maximum atomic E-state index is 12.3. The van der Waals surface area contributed by atoms with Gasteiger partial charge in [0.15, 0.2) is 10.7 Å². The number of carbonyl (C=O) groups is 1. The van der Waals surface area contributed by atoms with E-state index < -0.39 is 16.6 Å². The highest BCUT2D eigenvalue weighted by Gasteiger charge is 2.26. The third-order valence-corrected chi connectivity index (χ3v) is 4.51. The van der Waals surface area contributed by atoms with Gasteiger partial charge in [0.25, 0.3) is 5.91 Å². The molecule has 8 nitrogen and oxygen atoms in total. The van der Waals surface area contributed by atoms with Crippen molar-refractivity contribution >= 4 is 23.3 Å². The average molecular weight is 388 g/mol. The molecular weight excluding hydrogens is 358 g/mol. The molecule has 0 bridgehead atoms. The third kappa shape index (κ3) is 7.29. The summed E-state index contributed by atoms with van der Waals surface area (Å²) in [6.45, 7) is 9.01. The Morgan fingerprint density at radius 1 is 1.27 bits per heavy atom. The van der Waals surface area contributed by atoms with Gasteiger partial charge < -0.3 is 20.3 Å². The fraction of sp³-hybridized carbons (Fsp3) is 0.765. The molecule has 0 saturated heterocycles. The van der Waals surface area contributed by atoms with Crippen LogP contribution in [0.4, 0.5) is 5.82 Å². The molecule has 0 radical (unpaired) electrons. The number of H-pyrrole nitrogens is 1. The number of nitro groups is 1. The number of nitrogens with one attached hydrogen (secondary N) is 2. The number of amides is 1. The number of aromatic amines is 1. The van der Waals surface area contributed by atoms with Crippen LogP contribution in [0.3, 0.4) is 0 Å². The lowest BCUT2D eigenvalue weighted by Gasteiger charge is -2.26. The van der Waals surface area contributed by atoms with Crippen molar-refractivity contribution in [3.05, 3.63) is 20.8 Å². The molecule has 1 atom stereocenters. The number of halogens is 1. The average Bonchev–Trinajstić information content (AvgIpc) is 2.96. The first-order chi connectivity index (χ1) is 12.4. The molecule has 2 N–H and O–H groups in total. The lowest BCUT2D eigenvalue weighted by molar-refractivity contribution is -0.389. The fourth-order valence-electron chi connectivity index (χ4n) is 2.78. The molecule has 1 rings (SSSR count). The molecule has 0 aliphatic rings. The first-order valence-corrected chi connectivity index (χ1v) is 9.69. The molecule has 0 aliphatic heterocycles. The molecule has 0 aromatic carbocycles. The molecule has 1 amide bonds. The minimum absolute atomic E-state index is 0.113. The van der Waals surface area contributed by atoms with Crippen molar-refractivity contribution in [2.75, 3.05) is 19.6 Å². The highest BCUT2D eigenvalue weighted by Crippen LogP contribution is 2.24. The van der Waals surface area contributed by atoms with Crippen molar-refractivity contribution in [1.29, 1.82) is 0 Å². The number of carbonyl (C=O) groups excluding carboxylic acids is 1. The molecule has 0 spiro atoms. The monoisotopic (exact) mass is 387 g/mol. The Balaban J connectivity index is 2.60. The highest BCUT2D eigenvalue weighted by atomic mass is 35.5. The van der Waals surface area contributed by atoms with E-state index in [9.17, 15) is 14.9 Å². The molecule has 26 heavy (non-hydrogen) atoms. The van der Waals surface area contributed by atoms with Crippen LogP contribution >= 0.6 is 11.6 Å². The number of hydrogen-bond acceptors (Lipinski definition) is 5. The van der Waals surface area contributed by atoms with Crippen LogP contribution in [-0.2, 0) is 0 Å². The number of nitrogens with zero attached hydrogens (tertiary/aromatic N) is 3. The lowest BCUT2D eigenvalue weighted by atomic mass is 10.2. The van der Waals surface area contributed by atoms with Crippen LogP contribution in [0.5, 0.6) is 0 Å². The summed E-state index contributed by atoms with van der Waals surface area (Å²) in [4.78, 5) is 24.8. The molecule has 1 heterocycles. The van der Waals surface area contributed by atoms with Gasteiger partial charge in [0.05, 0.1) is 0 Å². The van der Waals surface area contributed by atoms with Crippen molar-refractivity contribution in [3.63, 3.8) is 0 Å². The number of hydrogen-bond donors (Lipinski definition) is 2. The zero-order valence-corrected chi connectivity index (χ0v) is 16.6. The SMILES string of the molecule is CCCCCN(CCCCC)CC(C)NC(=O)c1n[nH]c([N+](=O)[O-])c1Cl. The summed E-state index contributed by atoms with van der Waals surface area (Å²) < 4.78 is 0.